The van der Waals surface area contributed by atoms with Gasteiger partial charge < -0.3 is 10.2 Å². The quantitative estimate of drug-likeness (QED) is 0.775. The van der Waals surface area contributed by atoms with Crippen molar-refractivity contribution in [3.63, 3.8) is 0 Å². The Bertz CT molecular complexity index is 415. The fraction of sp³-hybridized carbons (Fsp3) is 0.600. The number of nitrogens with zero attached hydrogens (tertiary/aromatic N) is 1. The van der Waals surface area contributed by atoms with E-state index in [0.29, 0.717) is 18.0 Å². The molecule has 5 heteroatoms. The molecule has 1 fully saturated rings. The number of aromatic nitrogens is 2. The summed E-state index contributed by atoms with van der Waals surface area (Å²) in [7, 11) is 0. The van der Waals surface area contributed by atoms with Crippen LogP contribution in [0.15, 0.2) is 11.0 Å². The summed E-state index contributed by atoms with van der Waals surface area (Å²) in [5.41, 5.74) is 0.519. The fourth-order valence-corrected chi connectivity index (χ4v) is 1.76. The van der Waals surface area contributed by atoms with E-state index in [9.17, 15) is 9.59 Å². The number of carboxylic acid groups (broad SMARTS) is 1. The predicted octanol–water partition coefficient (Wildman–Crippen LogP) is 0.919. The molecule has 82 valence electrons. The number of carbonyl (C=O) groups is 1. The molecule has 2 N–H and O–H groups in total. The molecule has 1 aliphatic rings. The second-order valence-electron chi connectivity index (χ2n) is 3.95. The second-order valence-corrected chi connectivity index (χ2v) is 3.95. The Balaban J connectivity index is 2.09. The molecule has 1 aliphatic carbocycles. The number of hydrogen-bond acceptors (Lipinski definition) is 2. The molecule has 0 aliphatic heterocycles. The SMILES string of the molecule is O=C(O)CCc1c[nH]n(C2CCC2)c1=O. The van der Waals surface area contributed by atoms with Gasteiger partial charge in [-0.15, -0.1) is 0 Å². The zero-order chi connectivity index (χ0) is 10.8. The van der Waals surface area contributed by atoms with Crippen LogP contribution in [0.1, 0.15) is 37.3 Å². The molecule has 0 unspecified atom stereocenters. The summed E-state index contributed by atoms with van der Waals surface area (Å²) >= 11 is 0. The van der Waals surface area contributed by atoms with E-state index in [1.54, 1.807) is 10.9 Å². The zero-order valence-electron chi connectivity index (χ0n) is 8.40. The Hall–Kier alpha value is -1.52. The number of carboxylic acids is 1. The number of aliphatic carboxylic acids is 1. The van der Waals surface area contributed by atoms with E-state index in [-0.39, 0.29) is 12.0 Å². The molecular formula is C10H14N2O3. The molecule has 0 spiro atoms. The lowest BCUT2D eigenvalue weighted by atomic mass is 9.93. The molecule has 0 bridgehead atoms. The molecule has 5 nitrogen and oxygen atoms in total. The maximum Gasteiger partial charge on any atom is 0.303 e. The van der Waals surface area contributed by atoms with Crippen LogP contribution in [0.25, 0.3) is 0 Å². The summed E-state index contributed by atoms with van der Waals surface area (Å²) in [6.07, 6.45) is 5.20. The highest BCUT2D eigenvalue weighted by molar-refractivity contribution is 5.67. The minimum Gasteiger partial charge on any atom is -0.481 e. The van der Waals surface area contributed by atoms with E-state index >= 15 is 0 Å². The first-order valence-corrected chi connectivity index (χ1v) is 5.19. The summed E-state index contributed by atoms with van der Waals surface area (Å²) in [6.45, 7) is 0. The topological polar surface area (TPSA) is 75.1 Å². The number of rotatable bonds is 4. The highest BCUT2D eigenvalue weighted by atomic mass is 16.4. The molecule has 0 amide bonds. The van der Waals surface area contributed by atoms with Crippen molar-refractivity contribution in [2.24, 2.45) is 0 Å². The predicted molar refractivity (Wildman–Crippen MR) is 53.9 cm³/mol. The van der Waals surface area contributed by atoms with Gasteiger partial charge in [0.05, 0.1) is 6.04 Å². The largest absolute Gasteiger partial charge is 0.481 e. The third kappa shape index (κ3) is 1.95. The first-order valence-electron chi connectivity index (χ1n) is 5.19. The highest BCUT2D eigenvalue weighted by Gasteiger charge is 2.22. The maximum atomic E-state index is 11.8. The van der Waals surface area contributed by atoms with Crippen LogP contribution >= 0.6 is 0 Å². The molecule has 0 radical (unpaired) electrons. The number of hydrogen-bond donors (Lipinski definition) is 2. The second kappa shape index (κ2) is 3.92. The average molecular weight is 210 g/mol. The Morgan fingerprint density at radius 3 is 2.87 bits per heavy atom. The molecule has 0 saturated heterocycles. The van der Waals surface area contributed by atoms with E-state index in [2.05, 4.69) is 5.10 Å². The Morgan fingerprint density at radius 1 is 1.60 bits per heavy atom. The monoisotopic (exact) mass is 210 g/mol. The van der Waals surface area contributed by atoms with Gasteiger partial charge in [0.2, 0.25) is 0 Å². The summed E-state index contributed by atoms with van der Waals surface area (Å²) in [6, 6.07) is 0.302. The highest BCUT2D eigenvalue weighted by Crippen LogP contribution is 2.29. The van der Waals surface area contributed by atoms with E-state index in [1.807, 2.05) is 0 Å². The fourth-order valence-electron chi connectivity index (χ4n) is 1.76. The lowest BCUT2D eigenvalue weighted by Gasteiger charge is -2.25. The van der Waals surface area contributed by atoms with Crippen LogP contribution in [0.3, 0.4) is 0 Å². The number of H-pyrrole nitrogens is 1. The summed E-state index contributed by atoms with van der Waals surface area (Å²) in [5.74, 6) is -0.870. The van der Waals surface area contributed by atoms with Gasteiger partial charge in [0.25, 0.3) is 5.56 Å². The maximum absolute atomic E-state index is 11.8. The normalized spacial score (nSPS) is 16.3. The van der Waals surface area contributed by atoms with Gasteiger partial charge in [0.1, 0.15) is 0 Å². The number of aryl methyl sites for hydroxylation is 1. The van der Waals surface area contributed by atoms with Crippen molar-refractivity contribution in [3.05, 3.63) is 22.1 Å². The Morgan fingerprint density at radius 2 is 2.33 bits per heavy atom. The first-order chi connectivity index (χ1) is 7.18. The van der Waals surface area contributed by atoms with Crippen molar-refractivity contribution in [1.29, 1.82) is 0 Å². The number of nitrogens with one attached hydrogen (secondary N) is 1. The van der Waals surface area contributed by atoms with Crippen molar-refractivity contribution in [2.75, 3.05) is 0 Å². The third-order valence-corrected chi connectivity index (χ3v) is 2.92. The molecular weight excluding hydrogens is 196 g/mol. The Kier molecular flexibility index (Phi) is 2.62. The van der Waals surface area contributed by atoms with Gasteiger partial charge in [-0.3, -0.25) is 9.59 Å². The molecule has 0 atom stereocenters. The molecule has 1 aromatic rings. The molecule has 2 rings (SSSR count). The van der Waals surface area contributed by atoms with Crippen LogP contribution < -0.4 is 5.56 Å². The van der Waals surface area contributed by atoms with Crippen molar-refractivity contribution in [2.45, 2.75) is 38.1 Å². The van der Waals surface area contributed by atoms with Gasteiger partial charge in [-0.2, -0.15) is 0 Å². The number of aromatic amines is 1. The lowest BCUT2D eigenvalue weighted by molar-refractivity contribution is -0.136. The lowest BCUT2D eigenvalue weighted by Crippen LogP contribution is -2.28. The van der Waals surface area contributed by atoms with Crippen LogP contribution in [-0.4, -0.2) is 20.9 Å². The third-order valence-electron chi connectivity index (χ3n) is 2.92. The van der Waals surface area contributed by atoms with Crippen molar-refractivity contribution < 1.29 is 9.90 Å². The minimum atomic E-state index is -0.870. The van der Waals surface area contributed by atoms with Gasteiger partial charge >= 0.3 is 5.97 Å². The molecule has 0 aromatic carbocycles. The van der Waals surface area contributed by atoms with Crippen molar-refractivity contribution in [1.82, 2.24) is 9.78 Å². The van der Waals surface area contributed by atoms with Gasteiger partial charge in [0.15, 0.2) is 0 Å². The Labute approximate surface area is 86.7 Å². The van der Waals surface area contributed by atoms with Gasteiger partial charge in [-0.25, -0.2) is 4.68 Å². The van der Waals surface area contributed by atoms with Crippen LogP contribution in [0, 0.1) is 0 Å². The van der Waals surface area contributed by atoms with Gasteiger partial charge in [-0.05, 0) is 25.7 Å². The van der Waals surface area contributed by atoms with Crippen LogP contribution in [0.5, 0.6) is 0 Å². The molecule has 15 heavy (non-hydrogen) atoms. The van der Waals surface area contributed by atoms with Crippen LogP contribution in [0.4, 0.5) is 0 Å². The summed E-state index contributed by atoms with van der Waals surface area (Å²) in [5, 5.41) is 11.4. The van der Waals surface area contributed by atoms with Crippen LogP contribution in [0.2, 0.25) is 0 Å². The minimum absolute atomic E-state index is 0.0117. The van der Waals surface area contributed by atoms with Crippen molar-refractivity contribution >= 4 is 5.97 Å². The summed E-state index contributed by atoms with van der Waals surface area (Å²) in [4.78, 5) is 22.1. The van der Waals surface area contributed by atoms with E-state index < -0.39 is 5.97 Å². The molecule has 1 aromatic heterocycles. The average Bonchev–Trinajstić information content (AvgIpc) is 2.43. The van der Waals surface area contributed by atoms with Crippen LogP contribution in [-0.2, 0) is 11.2 Å². The van der Waals surface area contributed by atoms with Gasteiger partial charge in [-0.1, -0.05) is 0 Å². The van der Waals surface area contributed by atoms with E-state index in [1.165, 1.54) is 6.42 Å². The van der Waals surface area contributed by atoms with E-state index in [4.69, 9.17) is 5.11 Å². The summed E-state index contributed by atoms with van der Waals surface area (Å²) < 4.78 is 1.63. The zero-order valence-corrected chi connectivity index (χ0v) is 8.40. The standard InChI is InChI=1S/C10H14N2O3/c13-9(14)5-4-7-6-11-12(10(7)15)8-2-1-3-8/h6,8,11H,1-5H2,(H,13,14). The molecule has 1 heterocycles. The smallest absolute Gasteiger partial charge is 0.303 e. The van der Waals surface area contributed by atoms with E-state index in [0.717, 1.165) is 12.8 Å². The van der Waals surface area contributed by atoms with Gasteiger partial charge in [0, 0.05) is 18.2 Å². The molecule has 1 saturated carbocycles. The first kappa shape index (κ1) is 10.0. The van der Waals surface area contributed by atoms with Crippen molar-refractivity contribution in [3.8, 4) is 0 Å².